The van der Waals surface area contributed by atoms with Crippen molar-refractivity contribution in [2.75, 3.05) is 19.3 Å². The first-order valence-electron chi connectivity index (χ1n) is 10.0. The van der Waals surface area contributed by atoms with Crippen LogP contribution in [0.3, 0.4) is 0 Å². The molecule has 0 aromatic heterocycles. The molecule has 2 aliphatic heterocycles. The summed E-state index contributed by atoms with van der Waals surface area (Å²) in [6.07, 6.45) is -0.245. The Bertz CT molecular complexity index is 1020. The highest BCUT2D eigenvalue weighted by atomic mass is 16.7. The van der Waals surface area contributed by atoms with Crippen molar-refractivity contribution >= 4 is 5.69 Å². The molecule has 154 valence electrons. The third-order valence-electron chi connectivity index (χ3n) is 5.70. The second-order valence-electron chi connectivity index (χ2n) is 7.53. The molecular weight excluding hydrogens is 380 g/mol. The molecule has 2 aliphatic rings. The summed E-state index contributed by atoms with van der Waals surface area (Å²) in [5, 5.41) is 0. The Hall–Kier alpha value is -3.38. The predicted molar refractivity (Wildman–Crippen MR) is 114 cm³/mol. The average molecular weight is 404 g/mol. The summed E-state index contributed by atoms with van der Waals surface area (Å²) in [6, 6.07) is 22.2. The standard InChI is InChI=1S/C24H24N2O4/c1-15-23(16-8-10-18(27-2)11-9-16)19-12-21-22(29-14-28-21)13-20(19)30-24(15)26-25-17-6-4-3-5-7-17/h3-13,15,23-26H,14H2,1-2H3/t15-,23+,24+/m1/s1. The third kappa shape index (κ3) is 3.39. The topological polar surface area (TPSA) is 61.0 Å². The summed E-state index contributed by atoms with van der Waals surface area (Å²) in [6.45, 7) is 2.42. The molecule has 3 aromatic carbocycles. The SMILES string of the molecule is COc1ccc([C@H]2c3cc4c(cc3O[C@H](NNc3ccccc3)[C@@H]2C)OCO4)cc1. The summed E-state index contributed by atoms with van der Waals surface area (Å²) in [5.41, 5.74) is 9.88. The van der Waals surface area contributed by atoms with Gasteiger partial charge in [-0.1, -0.05) is 37.3 Å². The van der Waals surface area contributed by atoms with Gasteiger partial charge in [0, 0.05) is 29.2 Å². The van der Waals surface area contributed by atoms with E-state index < -0.39 is 0 Å². The van der Waals surface area contributed by atoms with Crippen LogP contribution >= 0.6 is 0 Å². The van der Waals surface area contributed by atoms with Gasteiger partial charge in [-0.15, -0.1) is 0 Å². The molecule has 3 atom stereocenters. The molecule has 0 unspecified atom stereocenters. The Kier molecular flexibility index (Phi) is 4.85. The molecule has 0 bridgehead atoms. The van der Waals surface area contributed by atoms with Crippen molar-refractivity contribution < 1.29 is 18.9 Å². The summed E-state index contributed by atoms with van der Waals surface area (Å²) in [5.74, 6) is 3.37. The summed E-state index contributed by atoms with van der Waals surface area (Å²) in [4.78, 5) is 0. The fourth-order valence-electron chi connectivity index (χ4n) is 4.12. The number of methoxy groups -OCH3 is 1. The van der Waals surface area contributed by atoms with Crippen LogP contribution in [-0.2, 0) is 0 Å². The molecule has 0 saturated heterocycles. The van der Waals surface area contributed by atoms with Gasteiger partial charge >= 0.3 is 0 Å². The summed E-state index contributed by atoms with van der Waals surface area (Å²) >= 11 is 0. The van der Waals surface area contributed by atoms with Crippen molar-refractivity contribution in [2.45, 2.75) is 19.1 Å². The number of hydrogen-bond donors (Lipinski definition) is 2. The second kappa shape index (κ2) is 7.80. The number of benzene rings is 3. The van der Waals surface area contributed by atoms with Gasteiger partial charge in [0.2, 0.25) is 6.79 Å². The Morgan fingerprint density at radius 3 is 2.37 bits per heavy atom. The Morgan fingerprint density at radius 1 is 0.900 bits per heavy atom. The van der Waals surface area contributed by atoms with Crippen molar-refractivity contribution in [1.29, 1.82) is 0 Å². The minimum atomic E-state index is -0.245. The first kappa shape index (κ1) is 18.6. The number of ether oxygens (including phenoxy) is 4. The van der Waals surface area contributed by atoms with Crippen LogP contribution in [0.1, 0.15) is 24.0 Å². The van der Waals surface area contributed by atoms with Crippen LogP contribution in [0.2, 0.25) is 0 Å². The van der Waals surface area contributed by atoms with Gasteiger partial charge in [0.25, 0.3) is 0 Å². The average Bonchev–Trinajstić information content (AvgIpc) is 3.25. The monoisotopic (exact) mass is 404 g/mol. The number of nitrogens with one attached hydrogen (secondary N) is 2. The highest BCUT2D eigenvalue weighted by molar-refractivity contribution is 5.56. The molecule has 6 nitrogen and oxygen atoms in total. The fourth-order valence-corrected chi connectivity index (χ4v) is 4.12. The lowest BCUT2D eigenvalue weighted by molar-refractivity contribution is 0.0863. The van der Waals surface area contributed by atoms with Crippen LogP contribution in [0.4, 0.5) is 5.69 Å². The zero-order chi connectivity index (χ0) is 20.5. The Labute approximate surface area is 175 Å². The molecule has 6 heteroatoms. The van der Waals surface area contributed by atoms with E-state index in [2.05, 4.69) is 29.9 Å². The number of fused-ring (bicyclic) bond motifs is 2. The van der Waals surface area contributed by atoms with Gasteiger partial charge in [0.15, 0.2) is 17.7 Å². The van der Waals surface area contributed by atoms with Crippen LogP contribution in [0.5, 0.6) is 23.0 Å². The van der Waals surface area contributed by atoms with E-state index in [0.29, 0.717) is 5.75 Å². The first-order chi connectivity index (χ1) is 14.7. The van der Waals surface area contributed by atoms with Gasteiger partial charge in [-0.05, 0) is 35.9 Å². The maximum Gasteiger partial charge on any atom is 0.231 e. The van der Waals surface area contributed by atoms with Crippen LogP contribution in [0.25, 0.3) is 0 Å². The minimum absolute atomic E-state index is 0.115. The lowest BCUT2D eigenvalue weighted by Gasteiger charge is -2.38. The quantitative estimate of drug-likeness (QED) is 0.610. The van der Waals surface area contributed by atoms with E-state index in [9.17, 15) is 0 Å². The minimum Gasteiger partial charge on any atom is -0.497 e. The lowest BCUT2D eigenvalue weighted by Crippen LogP contribution is -2.47. The molecule has 30 heavy (non-hydrogen) atoms. The van der Waals surface area contributed by atoms with Crippen molar-refractivity contribution in [2.24, 2.45) is 5.92 Å². The first-order valence-corrected chi connectivity index (χ1v) is 10.0. The van der Waals surface area contributed by atoms with E-state index in [1.165, 1.54) is 5.56 Å². The van der Waals surface area contributed by atoms with Gasteiger partial charge < -0.3 is 24.4 Å². The smallest absolute Gasteiger partial charge is 0.231 e. The molecule has 0 radical (unpaired) electrons. The van der Waals surface area contributed by atoms with Gasteiger partial charge in [0.1, 0.15) is 11.5 Å². The second-order valence-corrected chi connectivity index (χ2v) is 7.53. The normalized spacial score (nSPS) is 21.5. The molecule has 2 heterocycles. The molecule has 0 saturated carbocycles. The zero-order valence-corrected chi connectivity index (χ0v) is 16.9. The van der Waals surface area contributed by atoms with Crippen molar-refractivity contribution in [3.05, 3.63) is 77.9 Å². The number of rotatable bonds is 5. The van der Waals surface area contributed by atoms with Crippen LogP contribution in [0, 0.1) is 5.92 Å². The molecule has 5 rings (SSSR count). The largest absolute Gasteiger partial charge is 0.497 e. The third-order valence-corrected chi connectivity index (χ3v) is 5.70. The molecule has 0 aliphatic carbocycles. The van der Waals surface area contributed by atoms with Gasteiger partial charge in [-0.25, -0.2) is 0 Å². The zero-order valence-electron chi connectivity index (χ0n) is 16.9. The van der Waals surface area contributed by atoms with Gasteiger partial charge in [-0.3, -0.25) is 0 Å². The van der Waals surface area contributed by atoms with Crippen LogP contribution < -0.4 is 29.8 Å². The van der Waals surface area contributed by atoms with E-state index in [4.69, 9.17) is 18.9 Å². The van der Waals surface area contributed by atoms with Crippen molar-refractivity contribution in [3.63, 3.8) is 0 Å². The van der Waals surface area contributed by atoms with Crippen LogP contribution in [-0.4, -0.2) is 20.1 Å². The summed E-state index contributed by atoms with van der Waals surface area (Å²) in [7, 11) is 1.68. The Morgan fingerprint density at radius 2 is 1.63 bits per heavy atom. The number of hydrogen-bond acceptors (Lipinski definition) is 6. The maximum absolute atomic E-state index is 6.35. The highest BCUT2D eigenvalue weighted by Crippen LogP contribution is 2.48. The van der Waals surface area contributed by atoms with E-state index in [0.717, 1.165) is 28.5 Å². The van der Waals surface area contributed by atoms with E-state index in [-0.39, 0.29) is 24.9 Å². The summed E-state index contributed by atoms with van der Waals surface area (Å²) < 4.78 is 22.9. The van der Waals surface area contributed by atoms with Gasteiger partial charge in [-0.2, -0.15) is 5.43 Å². The molecular formula is C24H24N2O4. The van der Waals surface area contributed by atoms with Crippen LogP contribution in [0.15, 0.2) is 66.7 Å². The van der Waals surface area contributed by atoms with Crippen molar-refractivity contribution in [3.8, 4) is 23.0 Å². The molecule has 3 aromatic rings. The number of hydrazine groups is 1. The molecule has 2 N–H and O–H groups in total. The predicted octanol–water partition coefficient (Wildman–Crippen LogP) is 4.53. The lowest BCUT2D eigenvalue weighted by atomic mass is 9.78. The highest BCUT2D eigenvalue weighted by Gasteiger charge is 2.38. The molecule has 0 amide bonds. The van der Waals surface area contributed by atoms with Gasteiger partial charge in [0.05, 0.1) is 7.11 Å². The Balaban J connectivity index is 1.50. The van der Waals surface area contributed by atoms with Crippen molar-refractivity contribution in [1.82, 2.24) is 5.43 Å². The maximum atomic E-state index is 6.35. The molecule has 0 spiro atoms. The number of anilines is 1. The number of para-hydroxylation sites is 1. The van der Waals surface area contributed by atoms with E-state index >= 15 is 0 Å². The van der Waals surface area contributed by atoms with E-state index in [1.807, 2.05) is 54.6 Å². The fraction of sp³-hybridized carbons (Fsp3) is 0.250. The van der Waals surface area contributed by atoms with E-state index in [1.54, 1.807) is 7.11 Å². The molecule has 0 fully saturated rings.